The molecular formula is C17H25N. The normalized spacial score (nSPS) is 20.8. The van der Waals surface area contributed by atoms with Crippen LogP contribution < -0.4 is 0 Å². The highest BCUT2D eigenvalue weighted by Crippen LogP contribution is 2.29. The SMILES string of the molecule is CN(CCC1CCCC1)C1Cc2ccccc2C1. The smallest absolute Gasteiger partial charge is 0.0173 e. The minimum atomic E-state index is 0.754. The molecule has 98 valence electrons. The number of benzene rings is 1. The predicted molar refractivity (Wildman–Crippen MR) is 76.8 cm³/mol. The Morgan fingerprint density at radius 1 is 1.06 bits per heavy atom. The second-order valence-corrected chi connectivity index (χ2v) is 6.25. The summed E-state index contributed by atoms with van der Waals surface area (Å²) in [5.41, 5.74) is 3.16. The summed E-state index contributed by atoms with van der Waals surface area (Å²) in [6.45, 7) is 1.29. The number of likely N-dealkylation sites (N-methyl/N-ethyl adjacent to an activating group) is 1. The van der Waals surface area contributed by atoms with Crippen LogP contribution in [-0.2, 0) is 12.8 Å². The van der Waals surface area contributed by atoms with Crippen molar-refractivity contribution in [3.05, 3.63) is 35.4 Å². The summed E-state index contributed by atoms with van der Waals surface area (Å²) in [4.78, 5) is 2.61. The third-order valence-corrected chi connectivity index (χ3v) is 5.02. The molecule has 1 fully saturated rings. The van der Waals surface area contributed by atoms with Gasteiger partial charge in [0.05, 0.1) is 0 Å². The van der Waals surface area contributed by atoms with Crippen molar-refractivity contribution in [2.45, 2.75) is 51.0 Å². The maximum absolute atomic E-state index is 2.61. The van der Waals surface area contributed by atoms with E-state index in [1.807, 2.05) is 0 Å². The Hall–Kier alpha value is -0.820. The monoisotopic (exact) mass is 243 g/mol. The van der Waals surface area contributed by atoms with Crippen LogP contribution in [-0.4, -0.2) is 24.5 Å². The first kappa shape index (κ1) is 12.2. The van der Waals surface area contributed by atoms with E-state index in [0.717, 1.165) is 12.0 Å². The molecule has 0 aliphatic heterocycles. The van der Waals surface area contributed by atoms with Crippen molar-refractivity contribution in [2.24, 2.45) is 5.92 Å². The summed E-state index contributed by atoms with van der Waals surface area (Å²) < 4.78 is 0. The number of rotatable bonds is 4. The van der Waals surface area contributed by atoms with Gasteiger partial charge in [0.2, 0.25) is 0 Å². The standard InChI is InChI=1S/C17H25N/c1-18(11-10-14-6-2-3-7-14)17-12-15-8-4-5-9-16(15)13-17/h4-5,8-9,14,17H,2-3,6-7,10-13H2,1H3. The third kappa shape index (κ3) is 2.61. The minimum Gasteiger partial charge on any atom is -0.303 e. The summed E-state index contributed by atoms with van der Waals surface area (Å²) in [7, 11) is 2.32. The molecule has 0 radical (unpaired) electrons. The number of nitrogens with zero attached hydrogens (tertiary/aromatic N) is 1. The molecule has 3 rings (SSSR count). The van der Waals surface area contributed by atoms with E-state index < -0.39 is 0 Å². The lowest BCUT2D eigenvalue weighted by molar-refractivity contribution is 0.230. The Bertz CT molecular complexity index is 367. The maximum Gasteiger partial charge on any atom is 0.0173 e. The highest BCUT2D eigenvalue weighted by atomic mass is 15.1. The molecule has 1 heteroatoms. The van der Waals surface area contributed by atoms with Gasteiger partial charge in [-0.15, -0.1) is 0 Å². The molecular weight excluding hydrogens is 218 g/mol. The predicted octanol–water partition coefficient (Wildman–Crippen LogP) is 3.67. The second kappa shape index (κ2) is 5.44. The summed E-state index contributed by atoms with van der Waals surface area (Å²) in [6.07, 6.45) is 9.86. The summed E-state index contributed by atoms with van der Waals surface area (Å²) in [6, 6.07) is 9.73. The highest BCUT2D eigenvalue weighted by molar-refractivity contribution is 5.33. The van der Waals surface area contributed by atoms with Gasteiger partial charge in [-0.25, -0.2) is 0 Å². The Labute approximate surface area is 111 Å². The molecule has 0 spiro atoms. The van der Waals surface area contributed by atoms with Crippen LogP contribution in [0, 0.1) is 5.92 Å². The Morgan fingerprint density at radius 3 is 2.28 bits per heavy atom. The number of hydrogen-bond acceptors (Lipinski definition) is 1. The first-order valence-corrected chi connectivity index (χ1v) is 7.60. The molecule has 1 aromatic rings. The van der Waals surface area contributed by atoms with Crippen molar-refractivity contribution in [3.8, 4) is 0 Å². The fourth-order valence-electron chi connectivity index (χ4n) is 3.72. The van der Waals surface area contributed by atoms with E-state index in [4.69, 9.17) is 0 Å². The van der Waals surface area contributed by atoms with Crippen LogP contribution in [0.2, 0.25) is 0 Å². The van der Waals surface area contributed by atoms with E-state index in [2.05, 4.69) is 36.2 Å². The van der Waals surface area contributed by atoms with Gasteiger partial charge in [-0.3, -0.25) is 0 Å². The molecule has 1 aromatic carbocycles. The maximum atomic E-state index is 2.61. The topological polar surface area (TPSA) is 3.24 Å². The van der Waals surface area contributed by atoms with Gasteiger partial charge in [0, 0.05) is 6.04 Å². The zero-order valence-electron chi connectivity index (χ0n) is 11.6. The zero-order valence-corrected chi connectivity index (χ0v) is 11.6. The van der Waals surface area contributed by atoms with Gasteiger partial charge >= 0.3 is 0 Å². The van der Waals surface area contributed by atoms with Gasteiger partial charge in [-0.05, 0) is 49.9 Å². The van der Waals surface area contributed by atoms with Gasteiger partial charge in [-0.2, -0.15) is 0 Å². The summed E-state index contributed by atoms with van der Waals surface area (Å²) >= 11 is 0. The second-order valence-electron chi connectivity index (χ2n) is 6.25. The molecule has 0 bridgehead atoms. The van der Waals surface area contributed by atoms with Crippen molar-refractivity contribution in [3.63, 3.8) is 0 Å². The van der Waals surface area contributed by atoms with Gasteiger partial charge < -0.3 is 4.90 Å². The summed E-state index contributed by atoms with van der Waals surface area (Å²) in [5.74, 6) is 1.02. The van der Waals surface area contributed by atoms with Gasteiger partial charge in [0.25, 0.3) is 0 Å². The zero-order chi connectivity index (χ0) is 12.4. The molecule has 18 heavy (non-hydrogen) atoms. The fourth-order valence-corrected chi connectivity index (χ4v) is 3.72. The van der Waals surface area contributed by atoms with Crippen LogP contribution in [0.4, 0.5) is 0 Å². The van der Waals surface area contributed by atoms with Crippen molar-refractivity contribution in [1.29, 1.82) is 0 Å². The van der Waals surface area contributed by atoms with E-state index in [9.17, 15) is 0 Å². The molecule has 0 saturated heterocycles. The average Bonchev–Trinajstić information content (AvgIpc) is 3.04. The lowest BCUT2D eigenvalue weighted by Gasteiger charge is -2.25. The lowest BCUT2D eigenvalue weighted by atomic mass is 10.0. The van der Waals surface area contributed by atoms with E-state index in [-0.39, 0.29) is 0 Å². The number of fused-ring (bicyclic) bond motifs is 1. The first-order chi connectivity index (χ1) is 8.83. The molecule has 2 aliphatic carbocycles. The van der Waals surface area contributed by atoms with Crippen LogP contribution >= 0.6 is 0 Å². The first-order valence-electron chi connectivity index (χ1n) is 7.60. The molecule has 0 unspecified atom stereocenters. The molecule has 1 nitrogen and oxygen atoms in total. The highest BCUT2D eigenvalue weighted by Gasteiger charge is 2.25. The van der Waals surface area contributed by atoms with E-state index in [1.54, 1.807) is 11.1 Å². The lowest BCUT2D eigenvalue weighted by Crippen LogP contribution is -2.33. The van der Waals surface area contributed by atoms with E-state index in [0.29, 0.717) is 0 Å². The third-order valence-electron chi connectivity index (χ3n) is 5.02. The van der Waals surface area contributed by atoms with Crippen LogP contribution in [0.5, 0.6) is 0 Å². The molecule has 0 amide bonds. The van der Waals surface area contributed by atoms with Gasteiger partial charge in [-0.1, -0.05) is 49.9 Å². The summed E-state index contributed by atoms with van der Waals surface area (Å²) in [5, 5.41) is 0. The van der Waals surface area contributed by atoms with Gasteiger partial charge in [0.1, 0.15) is 0 Å². The largest absolute Gasteiger partial charge is 0.303 e. The van der Waals surface area contributed by atoms with Crippen molar-refractivity contribution in [2.75, 3.05) is 13.6 Å². The minimum absolute atomic E-state index is 0.754. The average molecular weight is 243 g/mol. The van der Waals surface area contributed by atoms with Crippen LogP contribution in [0.15, 0.2) is 24.3 Å². The quantitative estimate of drug-likeness (QED) is 0.780. The Kier molecular flexibility index (Phi) is 3.69. The molecule has 0 atom stereocenters. The fraction of sp³-hybridized carbons (Fsp3) is 0.647. The van der Waals surface area contributed by atoms with Crippen molar-refractivity contribution >= 4 is 0 Å². The molecule has 0 N–H and O–H groups in total. The van der Waals surface area contributed by atoms with Crippen LogP contribution in [0.3, 0.4) is 0 Å². The van der Waals surface area contributed by atoms with E-state index in [1.165, 1.54) is 51.5 Å². The van der Waals surface area contributed by atoms with Gasteiger partial charge in [0.15, 0.2) is 0 Å². The molecule has 0 heterocycles. The Balaban J connectivity index is 1.50. The van der Waals surface area contributed by atoms with Crippen LogP contribution in [0.1, 0.15) is 43.2 Å². The number of hydrogen-bond donors (Lipinski definition) is 0. The van der Waals surface area contributed by atoms with Crippen LogP contribution in [0.25, 0.3) is 0 Å². The molecule has 1 saturated carbocycles. The van der Waals surface area contributed by atoms with E-state index >= 15 is 0 Å². The Morgan fingerprint density at radius 2 is 1.67 bits per heavy atom. The molecule has 0 aromatic heterocycles. The van der Waals surface area contributed by atoms with Crippen molar-refractivity contribution in [1.82, 2.24) is 4.90 Å². The molecule has 2 aliphatic rings. The van der Waals surface area contributed by atoms with Crippen molar-refractivity contribution < 1.29 is 0 Å².